The molecule has 208 valence electrons. The van der Waals surface area contributed by atoms with E-state index in [1.165, 1.54) is 36.2 Å². The molecule has 0 aliphatic carbocycles. The summed E-state index contributed by atoms with van der Waals surface area (Å²) in [6, 6.07) is 18.9. The molecule has 1 atom stereocenters. The van der Waals surface area contributed by atoms with Crippen molar-refractivity contribution in [3.63, 3.8) is 0 Å². The van der Waals surface area contributed by atoms with Gasteiger partial charge in [0.2, 0.25) is 21.8 Å². The van der Waals surface area contributed by atoms with Crippen molar-refractivity contribution in [2.45, 2.75) is 31.8 Å². The number of nitrogens with zero attached hydrogens (tertiary/aromatic N) is 2. The zero-order valence-corrected chi connectivity index (χ0v) is 23.9. The number of halogens is 3. The van der Waals surface area contributed by atoms with Crippen molar-refractivity contribution in [2.75, 3.05) is 24.2 Å². The Hall–Kier alpha value is -3.14. The smallest absolute Gasteiger partial charge is 0.242 e. The SMILES string of the molecule is CNC(=O)[C@@H](Cc1ccccc1)N(Cc1ccc(Cl)cc1Cl)C(=O)CCCN(c1ccccc1F)S(C)(=O)=O. The van der Waals surface area contributed by atoms with Gasteiger partial charge in [0.05, 0.1) is 11.9 Å². The summed E-state index contributed by atoms with van der Waals surface area (Å²) in [5.41, 5.74) is 1.36. The number of para-hydroxylation sites is 1. The number of amides is 2. The van der Waals surface area contributed by atoms with Gasteiger partial charge in [-0.15, -0.1) is 0 Å². The van der Waals surface area contributed by atoms with Gasteiger partial charge in [-0.2, -0.15) is 0 Å². The third-order valence-corrected chi connectivity index (χ3v) is 7.91. The molecular formula is C28H30Cl2FN3O4S. The number of likely N-dealkylation sites (N-methyl/N-ethyl adjacent to an activating group) is 1. The fraction of sp³-hybridized carbons (Fsp3) is 0.286. The number of hydrogen-bond donors (Lipinski definition) is 1. The molecule has 3 aromatic rings. The normalized spacial score (nSPS) is 12.0. The molecule has 0 bridgehead atoms. The van der Waals surface area contributed by atoms with E-state index >= 15 is 0 Å². The summed E-state index contributed by atoms with van der Waals surface area (Å²) in [6.07, 6.45) is 1.24. The third-order valence-electron chi connectivity index (χ3n) is 6.15. The molecule has 0 radical (unpaired) electrons. The van der Waals surface area contributed by atoms with Crippen LogP contribution in [0.4, 0.5) is 10.1 Å². The van der Waals surface area contributed by atoms with Crippen LogP contribution in [0.15, 0.2) is 72.8 Å². The number of hydrogen-bond acceptors (Lipinski definition) is 4. The van der Waals surface area contributed by atoms with Crippen molar-refractivity contribution in [2.24, 2.45) is 0 Å². The van der Waals surface area contributed by atoms with E-state index in [0.717, 1.165) is 16.1 Å². The van der Waals surface area contributed by atoms with E-state index in [-0.39, 0.29) is 49.9 Å². The molecule has 3 rings (SSSR count). The fourth-order valence-corrected chi connectivity index (χ4v) is 5.62. The van der Waals surface area contributed by atoms with Gasteiger partial charge in [-0.05, 0) is 41.8 Å². The van der Waals surface area contributed by atoms with Gasteiger partial charge in [-0.3, -0.25) is 13.9 Å². The Bertz CT molecular complexity index is 1410. The van der Waals surface area contributed by atoms with Gasteiger partial charge < -0.3 is 10.2 Å². The van der Waals surface area contributed by atoms with Gasteiger partial charge in [0.1, 0.15) is 11.9 Å². The molecule has 0 saturated heterocycles. The molecule has 2 amide bonds. The molecule has 0 aliphatic heterocycles. The van der Waals surface area contributed by atoms with Gasteiger partial charge in [0.15, 0.2) is 0 Å². The van der Waals surface area contributed by atoms with E-state index in [1.807, 2.05) is 30.3 Å². The van der Waals surface area contributed by atoms with Crippen LogP contribution in [0.3, 0.4) is 0 Å². The summed E-state index contributed by atoms with van der Waals surface area (Å²) < 4.78 is 40.2. The van der Waals surface area contributed by atoms with Crippen molar-refractivity contribution in [3.05, 3.63) is 99.8 Å². The summed E-state index contributed by atoms with van der Waals surface area (Å²) in [6.45, 7) is -0.0900. The number of carbonyl (C=O) groups is 2. The van der Waals surface area contributed by atoms with Crippen molar-refractivity contribution in [1.82, 2.24) is 10.2 Å². The highest BCUT2D eigenvalue weighted by atomic mass is 35.5. The lowest BCUT2D eigenvalue weighted by Gasteiger charge is -2.32. The summed E-state index contributed by atoms with van der Waals surface area (Å²) in [5.74, 6) is -1.43. The molecule has 0 aliphatic rings. The average molecular weight is 595 g/mol. The minimum Gasteiger partial charge on any atom is -0.357 e. The van der Waals surface area contributed by atoms with Crippen LogP contribution in [0.25, 0.3) is 0 Å². The van der Waals surface area contributed by atoms with E-state index < -0.39 is 21.9 Å². The van der Waals surface area contributed by atoms with Crippen LogP contribution in [-0.4, -0.2) is 51.0 Å². The summed E-state index contributed by atoms with van der Waals surface area (Å²) in [5, 5.41) is 3.41. The van der Waals surface area contributed by atoms with E-state index in [9.17, 15) is 22.4 Å². The molecule has 0 unspecified atom stereocenters. The van der Waals surface area contributed by atoms with Crippen molar-refractivity contribution in [3.8, 4) is 0 Å². The van der Waals surface area contributed by atoms with Crippen LogP contribution >= 0.6 is 23.2 Å². The van der Waals surface area contributed by atoms with E-state index in [1.54, 1.807) is 18.2 Å². The highest BCUT2D eigenvalue weighted by Crippen LogP contribution is 2.25. The number of benzene rings is 3. The van der Waals surface area contributed by atoms with Crippen molar-refractivity contribution in [1.29, 1.82) is 0 Å². The molecule has 0 fully saturated rings. The first-order chi connectivity index (χ1) is 18.5. The quantitative estimate of drug-likeness (QED) is 0.318. The number of anilines is 1. The zero-order chi connectivity index (χ0) is 28.6. The fourth-order valence-electron chi connectivity index (χ4n) is 4.19. The second-order valence-electron chi connectivity index (χ2n) is 8.97. The van der Waals surface area contributed by atoms with Crippen molar-refractivity contribution < 1.29 is 22.4 Å². The summed E-state index contributed by atoms with van der Waals surface area (Å²) in [7, 11) is -2.32. The third kappa shape index (κ3) is 8.42. The van der Waals surface area contributed by atoms with Crippen molar-refractivity contribution >= 4 is 50.7 Å². The first-order valence-electron chi connectivity index (χ1n) is 12.2. The minimum absolute atomic E-state index is 0.0306. The van der Waals surface area contributed by atoms with Crippen LogP contribution < -0.4 is 9.62 Å². The van der Waals surface area contributed by atoms with Crippen LogP contribution in [-0.2, 0) is 32.6 Å². The van der Waals surface area contributed by atoms with Crippen LogP contribution in [0.1, 0.15) is 24.0 Å². The molecule has 3 aromatic carbocycles. The second-order valence-corrected chi connectivity index (χ2v) is 11.7. The molecule has 0 saturated carbocycles. The predicted molar refractivity (Wildman–Crippen MR) is 153 cm³/mol. The number of carbonyl (C=O) groups excluding carboxylic acids is 2. The number of nitrogens with one attached hydrogen (secondary N) is 1. The maximum Gasteiger partial charge on any atom is 0.242 e. The minimum atomic E-state index is -3.82. The summed E-state index contributed by atoms with van der Waals surface area (Å²) in [4.78, 5) is 28.1. The maximum absolute atomic E-state index is 14.4. The molecular weight excluding hydrogens is 564 g/mol. The maximum atomic E-state index is 14.4. The molecule has 0 spiro atoms. The van der Waals surface area contributed by atoms with E-state index in [0.29, 0.717) is 15.6 Å². The second kappa shape index (κ2) is 13.8. The van der Waals surface area contributed by atoms with Gasteiger partial charge in [0, 0.05) is 43.0 Å². The van der Waals surface area contributed by atoms with Gasteiger partial charge >= 0.3 is 0 Å². The standard InChI is InChI=1S/C28H30Cl2FN3O4S/c1-32-28(36)26(17-20-9-4-3-5-10-20)33(19-21-14-15-22(29)18-23(21)30)27(35)13-8-16-34(39(2,37)38)25-12-7-6-11-24(25)31/h3-7,9-12,14-15,18,26H,8,13,16-17,19H2,1-2H3,(H,32,36)/t26-/m1/s1. The van der Waals surface area contributed by atoms with Crippen LogP contribution in [0.2, 0.25) is 10.0 Å². The Morgan fingerprint density at radius 2 is 1.67 bits per heavy atom. The van der Waals surface area contributed by atoms with Crippen LogP contribution in [0.5, 0.6) is 0 Å². The average Bonchev–Trinajstić information content (AvgIpc) is 2.89. The Balaban J connectivity index is 1.88. The molecule has 0 aromatic heterocycles. The monoisotopic (exact) mass is 593 g/mol. The Kier molecular flexibility index (Phi) is 10.7. The van der Waals surface area contributed by atoms with Gasteiger partial charge in [0.25, 0.3) is 0 Å². The highest BCUT2D eigenvalue weighted by molar-refractivity contribution is 7.92. The molecule has 7 nitrogen and oxygen atoms in total. The lowest BCUT2D eigenvalue weighted by molar-refractivity contribution is -0.141. The highest BCUT2D eigenvalue weighted by Gasteiger charge is 2.30. The van der Waals surface area contributed by atoms with E-state index in [4.69, 9.17) is 23.2 Å². The molecule has 39 heavy (non-hydrogen) atoms. The Labute approximate surface area is 238 Å². The Morgan fingerprint density at radius 3 is 2.28 bits per heavy atom. The lowest BCUT2D eigenvalue weighted by Crippen LogP contribution is -2.49. The summed E-state index contributed by atoms with van der Waals surface area (Å²) >= 11 is 12.4. The Morgan fingerprint density at radius 1 is 1.00 bits per heavy atom. The lowest BCUT2D eigenvalue weighted by atomic mass is 10.0. The number of rotatable bonds is 12. The largest absolute Gasteiger partial charge is 0.357 e. The van der Waals surface area contributed by atoms with Gasteiger partial charge in [-0.1, -0.05) is 71.7 Å². The van der Waals surface area contributed by atoms with Gasteiger partial charge in [-0.25, -0.2) is 12.8 Å². The first kappa shape index (κ1) is 30.4. The molecule has 11 heteroatoms. The topological polar surface area (TPSA) is 86.8 Å². The van der Waals surface area contributed by atoms with E-state index in [2.05, 4.69) is 5.32 Å². The predicted octanol–water partition coefficient (Wildman–Crippen LogP) is 5.06. The number of sulfonamides is 1. The molecule has 0 heterocycles. The van der Waals surface area contributed by atoms with Crippen LogP contribution in [0, 0.1) is 5.82 Å². The zero-order valence-electron chi connectivity index (χ0n) is 21.6. The first-order valence-corrected chi connectivity index (χ1v) is 14.8. The molecule has 1 N–H and O–H groups in total.